The predicted octanol–water partition coefficient (Wildman–Crippen LogP) is 0.0687. The lowest BCUT2D eigenvalue weighted by molar-refractivity contribution is 0.0950. The summed E-state index contributed by atoms with van der Waals surface area (Å²) in [6.07, 6.45) is 1.36. The van der Waals surface area contributed by atoms with Gasteiger partial charge in [0, 0.05) is 5.56 Å². The van der Waals surface area contributed by atoms with Gasteiger partial charge in [0.2, 0.25) is 0 Å². The van der Waals surface area contributed by atoms with Crippen LogP contribution in [0.5, 0.6) is 0 Å². The minimum Gasteiger partial charge on any atom is -0.345 e. The summed E-state index contributed by atoms with van der Waals surface area (Å²) in [7, 11) is 0. The van der Waals surface area contributed by atoms with Crippen LogP contribution >= 0.6 is 11.6 Å². The first kappa shape index (κ1) is 12.3. The monoisotopic (exact) mass is 267 g/mol. The van der Waals surface area contributed by atoms with Crippen LogP contribution in [-0.2, 0) is 6.54 Å². The molecule has 2 heterocycles. The molecular weight excluding hydrogens is 258 g/mol. The van der Waals surface area contributed by atoms with Gasteiger partial charge < -0.3 is 10.7 Å². The van der Waals surface area contributed by atoms with Crippen molar-refractivity contribution < 1.29 is 4.79 Å². The van der Waals surface area contributed by atoms with Crippen LogP contribution < -0.4 is 16.6 Å². The van der Waals surface area contributed by atoms with Crippen molar-refractivity contribution >= 4 is 23.3 Å². The van der Waals surface area contributed by atoms with Gasteiger partial charge in [-0.3, -0.25) is 9.89 Å². The molecule has 0 spiro atoms. The third kappa shape index (κ3) is 2.93. The third-order valence-electron chi connectivity index (χ3n) is 2.09. The Morgan fingerprint density at radius 2 is 2.33 bits per heavy atom. The van der Waals surface area contributed by atoms with E-state index in [1.807, 2.05) is 0 Å². The lowest BCUT2D eigenvalue weighted by Gasteiger charge is -2.05. The largest absolute Gasteiger partial charge is 0.345 e. The molecular formula is C9H10ClN7O. The summed E-state index contributed by atoms with van der Waals surface area (Å²) in [5.41, 5.74) is 2.68. The second-order valence-electron chi connectivity index (χ2n) is 3.32. The number of nitrogens with two attached hydrogens (primary N) is 1. The molecule has 8 nitrogen and oxygen atoms in total. The zero-order valence-corrected chi connectivity index (χ0v) is 9.90. The molecule has 2 rings (SSSR count). The molecule has 5 N–H and O–H groups in total. The Kier molecular flexibility index (Phi) is 3.70. The van der Waals surface area contributed by atoms with E-state index in [0.29, 0.717) is 17.2 Å². The number of rotatable bonds is 4. The van der Waals surface area contributed by atoms with Crippen LogP contribution in [0.25, 0.3) is 0 Å². The summed E-state index contributed by atoms with van der Waals surface area (Å²) in [5, 5.41) is 9.13. The van der Waals surface area contributed by atoms with Crippen molar-refractivity contribution in [2.24, 2.45) is 5.84 Å². The fraction of sp³-hybridized carbons (Fsp3) is 0.111. The second kappa shape index (κ2) is 5.43. The predicted molar refractivity (Wildman–Crippen MR) is 64.6 cm³/mol. The first-order chi connectivity index (χ1) is 8.69. The number of hydrogen-bond donors (Lipinski definition) is 4. The Morgan fingerprint density at radius 1 is 1.50 bits per heavy atom. The topological polar surface area (TPSA) is 122 Å². The van der Waals surface area contributed by atoms with Crippen LogP contribution in [0.3, 0.4) is 0 Å². The zero-order chi connectivity index (χ0) is 13.0. The summed E-state index contributed by atoms with van der Waals surface area (Å²) in [6.45, 7) is 0.240. The van der Waals surface area contributed by atoms with Crippen molar-refractivity contribution in [3.8, 4) is 0 Å². The molecule has 0 saturated carbocycles. The van der Waals surface area contributed by atoms with Crippen molar-refractivity contribution in [2.45, 2.75) is 6.54 Å². The minimum absolute atomic E-state index is 0.176. The average Bonchev–Trinajstić information content (AvgIpc) is 2.88. The molecule has 2 aromatic rings. The number of aromatic amines is 1. The highest BCUT2D eigenvalue weighted by molar-refractivity contribution is 6.29. The number of carbonyl (C=O) groups is 1. The second-order valence-corrected chi connectivity index (χ2v) is 3.71. The normalized spacial score (nSPS) is 10.1. The van der Waals surface area contributed by atoms with Crippen LogP contribution in [0.15, 0.2) is 18.5 Å². The number of hydrogen-bond acceptors (Lipinski definition) is 6. The van der Waals surface area contributed by atoms with Crippen molar-refractivity contribution in [3.63, 3.8) is 0 Å². The van der Waals surface area contributed by atoms with E-state index in [2.05, 4.69) is 30.9 Å². The molecule has 18 heavy (non-hydrogen) atoms. The SMILES string of the molecule is NNc1cc(C(=O)NCc2ncn[nH]2)cc(Cl)n1. The zero-order valence-electron chi connectivity index (χ0n) is 9.14. The molecule has 94 valence electrons. The molecule has 0 aliphatic heterocycles. The van der Waals surface area contributed by atoms with Gasteiger partial charge in [0.1, 0.15) is 23.1 Å². The Hall–Kier alpha value is -2.19. The van der Waals surface area contributed by atoms with E-state index in [1.54, 1.807) is 0 Å². The van der Waals surface area contributed by atoms with E-state index < -0.39 is 0 Å². The van der Waals surface area contributed by atoms with Gasteiger partial charge in [0.15, 0.2) is 0 Å². The number of nitrogens with zero attached hydrogens (tertiary/aromatic N) is 3. The van der Waals surface area contributed by atoms with Gasteiger partial charge in [0.05, 0.1) is 6.54 Å². The number of anilines is 1. The molecule has 0 atom stereocenters. The van der Waals surface area contributed by atoms with Crippen molar-refractivity contribution in [3.05, 3.63) is 35.0 Å². The number of nitrogens with one attached hydrogen (secondary N) is 3. The summed E-state index contributed by atoms with van der Waals surface area (Å²) in [6, 6.07) is 2.93. The Bertz CT molecular complexity index is 542. The van der Waals surface area contributed by atoms with Crippen molar-refractivity contribution in [1.82, 2.24) is 25.5 Å². The molecule has 0 bridgehead atoms. The van der Waals surface area contributed by atoms with E-state index in [9.17, 15) is 4.79 Å². The maximum absolute atomic E-state index is 11.8. The Morgan fingerprint density at radius 3 is 3.00 bits per heavy atom. The van der Waals surface area contributed by atoms with Crippen LogP contribution in [0.4, 0.5) is 5.82 Å². The minimum atomic E-state index is -0.313. The number of amides is 1. The first-order valence-electron chi connectivity index (χ1n) is 4.95. The molecule has 2 aromatic heterocycles. The van der Waals surface area contributed by atoms with E-state index >= 15 is 0 Å². The van der Waals surface area contributed by atoms with Gasteiger partial charge in [-0.1, -0.05) is 11.6 Å². The summed E-state index contributed by atoms with van der Waals surface area (Å²) < 4.78 is 0. The molecule has 0 unspecified atom stereocenters. The van der Waals surface area contributed by atoms with Gasteiger partial charge in [-0.25, -0.2) is 15.8 Å². The number of pyridine rings is 1. The van der Waals surface area contributed by atoms with Crippen LogP contribution in [-0.4, -0.2) is 26.1 Å². The first-order valence-corrected chi connectivity index (χ1v) is 5.33. The molecule has 0 aromatic carbocycles. The number of aromatic nitrogens is 4. The highest BCUT2D eigenvalue weighted by atomic mass is 35.5. The Balaban J connectivity index is 2.06. The van der Waals surface area contributed by atoms with Crippen molar-refractivity contribution in [2.75, 3.05) is 5.43 Å². The van der Waals surface area contributed by atoms with Crippen LogP contribution in [0.2, 0.25) is 5.15 Å². The molecule has 1 amide bonds. The Labute approximate surface area is 107 Å². The summed E-state index contributed by atoms with van der Waals surface area (Å²) in [5.74, 6) is 5.77. The van der Waals surface area contributed by atoms with E-state index in [1.165, 1.54) is 18.5 Å². The smallest absolute Gasteiger partial charge is 0.251 e. The molecule has 0 fully saturated rings. The molecule has 0 aliphatic carbocycles. The number of carbonyl (C=O) groups excluding carboxylic acids is 1. The van der Waals surface area contributed by atoms with Gasteiger partial charge >= 0.3 is 0 Å². The van der Waals surface area contributed by atoms with Crippen LogP contribution in [0.1, 0.15) is 16.2 Å². The number of H-pyrrole nitrogens is 1. The summed E-state index contributed by atoms with van der Waals surface area (Å²) in [4.78, 5) is 19.6. The lowest BCUT2D eigenvalue weighted by Crippen LogP contribution is -2.24. The molecule has 0 saturated heterocycles. The quantitative estimate of drug-likeness (QED) is 0.353. The number of hydrazine groups is 1. The third-order valence-corrected chi connectivity index (χ3v) is 2.28. The molecule has 0 aliphatic rings. The highest BCUT2D eigenvalue weighted by Gasteiger charge is 2.09. The fourth-order valence-corrected chi connectivity index (χ4v) is 1.49. The highest BCUT2D eigenvalue weighted by Crippen LogP contribution is 2.13. The van der Waals surface area contributed by atoms with Gasteiger partial charge in [-0.05, 0) is 12.1 Å². The fourth-order valence-electron chi connectivity index (χ4n) is 1.28. The lowest BCUT2D eigenvalue weighted by atomic mass is 10.2. The number of halogens is 1. The standard InChI is InChI=1S/C9H10ClN7O/c10-6-1-5(2-7(15-6)16-11)9(18)12-3-8-13-4-14-17-8/h1-2,4H,3,11H2,(H,12,18)(H,15,16)(H,13,14,17). The van der Waals surface area contributed by atoms with Gasteiger partial charge in [-0.2, -0.15) is 5.10 Å². The molecule has 9 heteroatoms. The van der Waals surface area contributed by atoms with E-state index in [-0.39, 0.29) is 17.6 Å². The maximum atomic E-state index is 11.8. The van der Waals surface area contributed by atoms with Gasteiger partial charge in [0.25, 0.3) is 5.91 Å². The van der Waals surface area contributed by atoms with E-state index in [4.69, 9.17) is 17.4 Å². The average molecular weight is 268 g/mol. The van der Waals surface area contributed by atoms with Crippen LogP contribution in [0, 0.1) is 0 Å². The summed E-state index contributed by atoms with van der Waals surface area (Å²) >= 11 is 5.76. The van der Waals surface area contributed by atoms with Gasteiger partial charge in [-0.15, -0.1) is 0 Å². The van der Waals surface area contributed by atoms with Crippen molar-refractivity contribution in [1.29, 1.82) is 0 Å². The maximum Gasteiger partial charge on any atom is 0.251 e. The molecule has 0 radical (unpaired) electrons. The van der Waals surface area contributed by atoms with E-state index in [0.717, 1.165) is 0 Å². The number of nitrogen functional groups attached to an aromatic ring is 1.